The van der Waals surface area contributed by atoms with E-state index < -0.39 is 5.54 Å². The summed E-state index contributed by atoms with van der Waals surface area (Å²) < 4.78 is 1.91. The number of nitrogens with one attached hydrogen (secondary N) is 1. The van der Waals surface area contributed by atoms with Gasteiger partial charge in [-0.05, 0) is 19.4 Å². The molecule has 1 unspecified atom stereocenters. The van der Waals surface area contributed by atoms with Crippen LogP contribution >= 0.6 is 0 Å². The van der Waals surface area contributed by atoms with Crippen molar-refractivity contribution in [1.82, 2.24) is 14.9 Å². The molecule has 112 valence electrons. The summed E-state index contributed by atoms with van der Waals surface area (Å²) in [7, 11) is 1.91. The van der Waals surface area contributed by atoms with E-state index >= 15 is 0 Å². The number of benzene rings is 1. The Kier molecular flexibility index (Phi) is 4.43. The predicted octanol–water partition coefficient (Wildman–Crippen LogP) is 1.75. The Labute approximate surface area is 125 Å². The summed E-state index contributed by atoms with van der Waals surface area (Å²) in [5.74, 6) is 0.712. The van der Waals surface area contributed by atoms with Gasteiger partial charge >= 0.3 is 0 Å². The minimum atomic E-state index is -0.535. The van der Waals surface area contributed by atoms with Crippen LogP contribution in [0.1, 0.15) is 37.7 Å². The van der Waals surface area contributed by atoms with E-state index in [0.717, 1.165) is 11.4 Å². The SMILES string of the molecule is Cn1ccnc1C(NC(=O)CC(C)(C)N)c1ccccc1. The van der Waals surface area contributed by atoms with Crippen molar-refractivity contribution in [1.29, 1.82) is 0 Å². The number of hydrogen-bond acceptors (Lipinski definition) is 3. The van der Waals surface area contributed by atoms with Crippen molar-refractivity contribution in [2.75, 3.05) is 0 Å². The van der Waals surface area contributed by atoms with Crippen molar-refractivity contribution in [2.45, 2.75) is 31.8 Å². The highest BCUT2D eigenvalue weighted by molar-refractivity contribution is 5.78. The van der Waals surface area contributed by atoms with Crippen molar-refractivity contribution in [3.8, 4) is 0 Å². The van der Waals surface area contributed by atoms with Crippen LogP contribution in [0.25, 0.3) is 0 Å². The van der Waals surface area contributed by atoms with Gasteiger partial charge in [0.2, 0.25) is 5.91 Å². The van der Waals surface area contributed by atoms with E-state index in [-0.39, 0.29) is 18.4 Å². The maximum absolute atomic E-state index is 12.2. The smallest absolute Gasteiger partial charge is 0.222 e. The molecule has 0 aliphatic heterocycles. The molecular weight excluding hydrogens is 264 g/mol. The van der Waals surface area contributed by atoms with Crippen LogP contribution in [0.15, 0.2) is 42.7 Å². The predicted molar refractivity (Wildman–Crippen MR) is 82.5 cm³/mol. The third kappa shape index (κ3) is 4.16. The molecule has 5 nitrogen and oxygen atoms in total. The van der Waals surface area contributed by atoms with Gasteiger partial charge in [0.25, 0.3) is 0 Å². The van der Waals surface area contributed by atoms with Gasteiger partial charge in [0.05, 0.1) is 0 Å². The number of rotatable bonds is 5. The fourth-order valence-corrected chi connectivity index (χ4v) is 2.22. The molecule has 0 radical (unpaired) electrons. The fraction of sp³-hybridized carbons (Fsp3) is 0.375. The van der Waals surface area contributed by atoms with Crippen LogP contribution in [0.4, 0.5) is 0 Å². The maximum Gasteiger partial charge on any atom is 0.222 e. The molecule has 2 rings (SSSR count). The Morgan fingerprint density at radius 3 is 2.57 bits per heavy atom. The molecule has 0 bridgehead atoms. The summed E-state index contributed by atoms with van der Waals surface area (Å²) in [5.41, 5.74) is 6.38. The van der Waals surface area contributed by atoms with E-state index in [1.807, 2.05) is 62.0 Å². The second-order valence-corrected chi connectivity index (χ2v) is 5.97. The number of aromatic nitrogens is 2. The summed E-state index contributed by atoms with van der Waals surface area (Å²) in [4.78, 5) is 16.6. The molecule has 1 aromatic heterocycles. The largest absolute Gasteiger partial charge is 0.342 e. The van der Waals surface area contributed by atoms with E-state index in [1.54, 1.807) is 6.20 Å². The zero-order valence-electron chi connectivity index (χ0n) is 12.7. The first-order chi connectivity index (χ1) is 9.87. The standard InChI is InChI=1S/C16H22N4O/c1-16(2,17)11-13(21)19-14(12-7-5-4-6-8-12)15-18-9-10-20(15)3/h4-10,14H,11,17H2,1-3H3,(H,19,21). The molecule has 5 heteroatoms. The van der Waals surface area contributed by atoms with Gasteiger partial charge in [0.1, 0.15) is 11.9 Å². The fourth-order valence-electron chi connectivity index (χ4n) is 2.22. The minimum absolute atomic E-state index is 0.0839. The van der Waals surface area contributed by atoms with E-state index in [1.165, 1.54) is 0 Å². The lowest BCUT2D eigenvalue weighted by Crippen LogP contribution is -2.40. The van der Waals surface area contributed by atoms with Crippen molar-refractivity contribution in [3.05, 3.63) is 54.1 Å². The van der Waals surface area contributed by atoms with E-state index in [4.69, 9.17) is 5.73 Å². The second-order valence-electron chi connectivity index (χ2n) is 5.97. The van der Waals surface area contributed by atoms with Gasteiger partial charge < -0.3 is 15.6 Å². The van der Waals surface area contributed by atoms with Crippen LogP contribution in [0.2, 0.25) is 0 Å². The number of aryl methyl sites for hydroxylation is 1. The van der Waals surface area contributed by atoms with Gasteiger partial charge in [-0.2, -0.15) is 0 Å². The van der Waals surface area contributed by atoms with Crippen molar-refractivity contribution < 1.29 is 4.79 Å². The molecule has 0 spiro atoms. The number of amides is 1. The molecule has 1 heterocycles. The molecule has 1 atom stereocenters. The lowest BCUT2D eigenvalue weighted by atomic mass is 10.0. The number of nitrogens with two attached hydrogens (primary N) is 1. The molecular formula is C16H22N4O. The van der Waals surface area contributed by atoms with Crippen LogP contribution in [0.3, 0.4) is 0 Å². The Balaban J connectivity index is 2.26. The molecule has 1 aromatic carbocycles. The first-order valence-electron chi connectivity index (χ1n) is 6.97. The molecule has 0 saturated heterocycles. The molecule has 0 fully saturated rings. The van der Waals surface area contributed by atoms with Gasteiger partial charge in [0, 0.05) is 31.4 Å². The monoisotopic (exact) mass is 286 g/mol. The van der Waals surface area contributed by atoms with Crippen molar-refractivity contribution >= 4 is 5.91 Å². The molecule has 0 aliphatic rings. The topological polar surface area (TPSA) is 72.9 Å². The normalized spacial score (nSPS) is 13.0. The Morgan fingerprint density at radius 2 is 2.05 bits per heavy atom. The van der Waals surface area contributed by atoms with E-state index in [0.29, 0.717) is 0 Å². The zero-order valence-corrected chi connectivity index (χ0v) is 12.7. The van der Waals surface area contributed by atoms with Gasteiger partial charge in [0.15, 0.2) is 0 Å². The number of hydrogen-bond donors (Lipinski definition) is 2. The van der Waals surface area contributed by atoms with Crippen LogP contribution in [-0.2, 0) is 11.8 Å². The van der Waals surface area contributed by atoms with E-state index in [2.05, 4.69) is 10.3 Å². The highest BCUT2D eigenvalue weighted by Gasteiger charge is 2.23. The summed E-state index contributed by atoms with van der Waals surface area (Å²) in [6, 6.07) is 9.53. The second kappa shape index (κ2) is 6.10. The van der Waals surface area contributed by atoms with E-state index in [9.17, 15) is 4.79 Å². The molecule has 2 aromatic rings. The minimum Gasteiger partial charge on any atom is -0.342 e. The molecule has 3 N–H and O–H groups in total. The van der Waals surface area contributed by atoms with Crippen molar-refractivity contribution in [2.24, 2.45) is 12.8 Å². The van der Waals surface area contributed by atoms with Crippen LogP contribution in [-0.4, -0.2) is 21.0 Å². The first kappa shape index (κ1) is 15.3. The average molecular weight is 286 g/mol. The summed E-state index contributed by atoms with van der Waals surface area (Å²) in [6.07, 6.45) is 3.86. The number of imidazole rings is 1. The van der Waals surface area contributed by atoms with Crippen LogP contribution in [0, 0.1) is 0 Å². The molecule has 21 heavy (non-hydrogen) atoms. The molecule has 1 amide bonds. The highest BCUT2D eigenvalue weighted by Crippen LogP contribution is 2.20. The number of carbonyl (C=O) groups excluding carboxylic acids is 1. The lowest BCUT2D eigenvalue weighted by molar-refractivity contribution is -0.122. The van der Waals surface area contributed by atoms with Crippen molar-refractivity contribution in [3.63, 3.8) is 0 Å². The van der Waals surface area contributed by atoms with Crippen LogP contribution in [0.5, 0.6) is 0 Å². The van der Waals surface area contributed by atoms with Gasteiger partial charge in [-0.25, -0.2) is 4.98 Å². The van der Waals surface area contributed by atoms with Gasteiger partial charge in [-0.1, -0.05) is 30.3 Å². The summed E-state index contributed by atoms with van der Waals surface area (Å²) in [6.45, 7) is 3.68. The average Bonchev–Trinajstić information content (AvgIpc) is 2.81. The molecule has 0 saturated carbocycles. The number of carbonyl (C=O) groups is 1. The first-order valence-corrected chi connectivity index (χ1v) is 6.97. The summed E-state index contributed by atoms with van der Waals surface area (Å²) >= 11 is 0. The Bertz CT molecular complexity index is 598. The number of nitrogens with zero attached hydrogens (tertiary/aromatic N) is 2. The van der Waals surface area contributed by atoms with Gasteiger partial charge in [-0.3, -0.25) is 4.79 Å². The maximum atomic E-state index is 12.2. The van der Waals surface area contributed by atoms with Crippen LogP contribution < -0.4 is 11.1 Å². The summed E-state index contributed by atoms with van der Waals surface area (Å²) in [5, 5.41) is 3.03. The molecule has 0 aliphatic carbocycles. The Morgan fingerprint density at radius 1 is 1.38 bits per heavy atom. The highest BCUT2D eigenvalue weighted by atomic mass is 16.1. The third-order valence-electron chi connectivity index (χ3n) is 3.17. The quantitative estimate of drug-likeness (QED) is 0.879. The lowest BCUT2D eigenvalue weighted by Gasteiger charge is -2.22. The van der Waals surface area contributed by atoms with Gasteiger partial charge in [-0.15, -0.1) is 0 Å². The third-order valence-corrected chi connectivity index (χ3v) is 3.17. The zero-order chi connectivity index (χ0) is 15.5. The Hall–Kier alpha value is -2.14.